The van der Waals surface area contributed by atoms with E-state index in [9.17, 15) is 14.4 Å². The van der Waals surface area contributed by atoms with Crippen LogP contribution in [-0.4, -0.2) is 54.4 Å². The molecule has 3 rings (SSSR count). The van der Waals surface area contributed by atoms with Crippen LogP contribution >= 0.6 is 23.1 Å². The molecule has 2 aromatic heterocycles. The van der Waals surface area contributed by atoms with Crippen LogP contribution in [0, 0.1) is 6.92 Å². The van der Waals surface area contributed by atoms with Gasteiger partial charge >= 0.3 is 5.97 Å². The zero-order valence-electron chi connectivity index (χ0n) is 19.9. The number of hydrogen-bond acceptors (Lipinski definition) is 11. The van der Waals surface area contributed by atoms with Gasteiger partial charge in [-0.2, -0.15) is 0 Å². The van der Waals surface area contributed by atoms with Crippen molar-refractivity contribution in [1.29, 1.82) is 0 Å². The molecule has 0 aliphatic rings. The normalized spacial score (nSPS) is 10.7. The van der Waals surface area contributed by atoms with Gasteiger partial charge in [-0.1, -0.05) is 17.8 Å². The maximum absolute atomic E-state index is 12.6. The SMILES string of the molecule is CCOC(=O)c1c(NC(=O)CSc2nnc(Cc3ccc(OC)c(OC)c3)o2)sc(C(C)=O)c1C. The number of ether oxygens (including phenoxy) is 3. The Balaban J connectivity index is 1.64. The standard InChI is InChI=1S/C23H25N3O7S2/c1-6-32-22(29)19-12(2)20(13(3)27)35-21(19)24-17(28)11-34-23-26-25-18(33-23)10-14-7-8-15(30-4)16(9-14)31-5/h7-9H,6,10-11H2,1-5H3,(H,24,28). The summed E-state index contributed by atoms with van der Waals surface area (Å²) in [5.41, 5.74) is 1.57. The van der Waals surface area contributed by atoms with Crippen LogP contribution in [0.4, 0.5) is 5.00 Å². The first-order valence-corrected chi connectivity index (χ1v) is 12.3. The number of benzene rings is 1. The number of ketones is 1. The van der Waals surface area contributed by atoms with E-state index in [1.165, 1.54) is 6.92 Å². The summed E-state index contributed by atoms with van der Waals surface area (Å²) in [6.45, 7) is 4.92. The Morgan fingerprint density at radius 2 is 1.89 bits per heavy atom. The van der Waals surface area contributed by atoms with Gasteiger partial charge in [-0.05, 0) is 44.0 Å². The van der Waals surface area contributed by atoms with Gasteiger partial charge in [0, 0.05) is 0 Å². The highest BCUT2D eigenvalue weighted by Crippen LogP contribution is 2.34. The Morgan fingerprint density at radius 3 is 2.54 bits per heavy atom. The van der Waals surface area contributed by atoms with Gasteiger partial charge in [0.05, 0.1) is 43.4 Å². The molecule has 0 spiro atoms. The van der Waals surface area contributed by atoms with E-state index in [-0.39, 0.29) is 33.9 Å². The second kappa shape index (κ2) is 11.8. The van der Waals surface area contributed by atoms with E-state index >= 15 is 0 Å². The lowest BCUT2D eigenvalue weighted by Crippen LogP contribution is -2.16. The fourth-order valence-corrected chi connectivity index (χ4v) is 4.90. The van der Waals surface area contributed by atoms with Gasteiger partial charge in [0.1, 0.15) is 5.00 Å². The lowest BCUT2D eigenvalue weighted by Gasteiger charge is -2.08. The largest absolute Gasteiger partial charge is 0.493 e. The van der Waals surface area contributed by atoms with Gasteiger partial charge in [-0.25, -0.2) is 4.79 Å². The average Bonchev–Trinajstić information content (AvgIpc) is 3.41. The second-order valence-electron chi connectivity index (χ2n) is 7.20. The first-order chi connectivity index (χ1) is 16.8. The zero-order valence-corrected chi connectivity index (χ0v) is 21.6. The molecule has 0 bridgehead atoms. The molecule has 12 heteroatoms. The highest BCUT2D eigenvalue weighted by Gasteiger charge is 2.25. The quantitative estimate of drug-likeness (QED) is 0.224. The number of hydrogen-bond donors (Lipinski definition) is 1. The van der Waals surface area contributed by atoms with E-state index in [4.69, 9.17) is 18.6 Å². The number of anilines is 1. The van der Waals surface area contributed by atoms with E-state index in [0.29, 0.717) is 34.3 Å². The number of esters is 1. The molecular formula is C23H25N3O7S2. The summed E-state index contributed by atoms with van der Waals surface area (Å²) in [6, 6.07) is 5.48. The maximum atomic E-state index is 12.6. The van der Waals surface area contributed by atoms with Crippen molar-refractivity contribution in [3.63, 3.8) is 0 Å². The molecular weight excluding hydrogens is 494 g/mol. The minimum atomic E-state index is -0.589. The molecule has 3 aromatic rings. The summed E-state index contributed by atoms with van der Waals surface area (Å²) >= 11 is 2.11. The zero-order chi connectivity index (χ0) is 25.5. The Kier molecular flexibility index (Phi) is 8.88. The van der Waals surface area contributed by atoms with Crippen LogP contribution in [0.15, 0.2) is 27.8 Å². The van der Waals surface area contributed by atoms with Crippen LogP contribution in [-0.2, 0) is 16.0 Å². The second-order valence-corrected chi connectivity index (χ2v) is 9.15. The number of nitrogens with one attached hydrogen (secondary N) is 1. The van der Waals surface area contributed by atoms with Crippen LogP contribution in [0.3, 0.4) is 0 Å². The predicted octanol–water partition coefficient (Wildman–Crippen LogP) is 4.16. The Bertz CT molecular complexity index is 1240. The van der Waals surface area contributed by atoms with E-state index in [2.05, 4.69) is 15.5 Å². The van der Waals surface area contributed by atoms with Gasteiger partial charge in [0.15, 0.2) is 17.3 Å². The number of aromatic nitrogens is 2. The van der Waals surface area contributed by atoms with Crippen LogP contribution in [0.5, 0.6) is 11.5 Å². The highest BCUT2D eigenvalue weighted by molar-refractivity contribution is 7.99. The van der Waals surface area contributed by atoms with Crippen molar-refractivity contribution in [3.05, 3.63) is 45.7 Å². The smallest absolute Gasteiger partial charge is 0.341 e. The molecule has 0 aliphatic heterocycles. The molecule has 1 aromatic carbocycles. The number of nitrogens with zero attached hydrogens (tertiary/aromatic N) is 2. The summed E-state index contributed by atoms with van der Waals surface area (Å²) < 4.78 is 21.3. The number of thioether (sulfide) groups is 1. The summed E-state index contributed by atoms with van der Waals surface area (Å²) in [4.78, 5) is 37.2. The van der Waals surface area contributed by atoms with Gasteiger partial charge in [0.2, 0.25) is 11.8 Å². The Labute approximate surface area is 210 Å². The predicted molar refractivity (Wildman–Crippen MR) is 131 cm³/mol. The average molecular weight is 520 g/mol. The summed E-state index contributed by atoms with van der Waals surface area (Å²) in [5.74, 6) is 0.378. The van der Waals surface area contributed by atoms with Crippen molar-refractivity contribution in [2.24, 2.45) is 0 Å². The van der Waals surface area contributed by atoms with Crippen molar-refractivity contribution >= 4 is 45.8 Å². The number of carbonyl (C=O) groups excluding carboxylic acids is 3. The molecule has 10 nitrogen and oxygen atoms in total. The molecule has 0 atom stereocenters. The minimum absolute atomic E-state index is 0.0351. The van der Waals surface area contributed by atoms with Crippen molar-refractivity contribution in [2.45, 2.75) is 32.4 Å². The van der Waals surface area contributed by atoms with Crippen molar-refractivity contribution in [2.75, 3.05) is 31.9 Å². The number of amides is 1. The molecule has 1 amide bonds. The van der Waals surface area contributed by atoms with Crippen molar-refractivity contribution < 1.29 is 33.0 Å². The van der Waals surface area contributed by atoms with E-state index in [0.717, 1.165) is 28.7 Å². The molecule has 35 heavy (non-hydrogen) atoms. The number of carbonyl (C=O) groups is 3. The molecule has 2 heterocycles. The maximum Gasteiger partial charge on any atom is 0.341 e. The summed E-state index contributed by atoms with van der Waals surface area (Å²) in [5, 5.41) is 11.2. The Morgan fingerprint density at radius 1 is 1.14 bits per heavy atom. The fraction of sp³-hybridized carbons (Fsp3) is 0.348. The van der Waals surface area contributed by atoms with Gasteiger partial charge in [0.25, 0.3) is 5.22 Å². The third kappa shape index (κ3) is 6.40. The van der Waals surface area contributed by atoms with Crippen LogP contribution < -0.4 is 14.8 Å². The van der Waals surface area contributed by atoms with Gasteiger partial charge in [-0.15, -0.1) is 21.5 Å². The molecule has 0 radical (unpaired) electrons. The molecule has 0 aliphatic carbocycles. The van der Waals surface area contributed by atoms with E-state index in [1.54, 1.807) is 34.1 Å². The Hall–Kier alpha value is -3.38. The molecule has 0 unspecified atom stereocenters. The topological polar surface area (TPSA) is 130 Å². The number of rotatable bonds is 11. The number of Topliss-reactive ketones (excluding diaryl/α,β-unsaturated/α-hetero) is 1. The highest BCUT2D eigenvalue weighted by atomic mass is 32.2. The van der Waals surface area contributed by atoms with E-state index < -0.39 is 11.9 Å². The summed E-state index contributed by atoms with van der Waals surface area (Å²) in [6.07, 6.45) is 0.380. The third-order valence-electron chi connectivity index (χ3n) is 4.78. The first kappa shape index (κ1) is 26.2. The summed E-state index contributed by atoms with van der Waals surface area (Å²) in [7, 11) is 3.12. The molecule has 0 fully saturated rings. The molecule has 0 saturated carbocycles. The van der Waals surface area contributed by atoms with Crippen LogP contribution in [0.1, 0.15) is 50.9 Å². The minimum Gasteiger partial charge on any atom is -0.493 e. The molecule has 0 saturated heterocycles. The monoisotopic (exact) mass is 519 g/mol. The first-order valence-electron chi connectivity index (χ1n) is 10.5. The molecule has 1 N–H and O–H groups in total. The van der Waals surface area contributed by atoms with Gasteiger partial charge in [-0.3, -0.25) is 9.59 Å². The number of methoxy groups -OCH3 is 2. The van der Waals surface area contributed by atoms with Crippen molar-refractivity contribution in [3.8, 4) is 11.5 Å². The fourth-order valence-electron chi connectivity index (χ4n) is 3.21. The van der Waals surface area contributed by atoms with Gasteiger partial charge < -0.3 is 23.9 Å². The number of thiophene rings is 1. The van der Waals surface area contributed by atoms with Crippen LogP contribution in [0.2, 0.25) is 0 Å². The lowest BCUT2D eigenvalue weighted by atomic mass is 10.1. The lowest BCUT2D eigenvalue weighted by molar-refractivity contribution is -0.113. The van der Waals surface area contributed by atoms with Crippen LogP contribution in [0.25, 0.3) is 0 Å². The third-order valence-corrected chi connectivity index (χ3v) is 6.90. The van der Waals surface area contributed by atoms with Crippen molar-refractivity contribution in [1.82, 2.24) is 10.2 Å². The van der Waals surface area contributed by atoms with E-state index in [1.807, 2.05) is 12.1 Å². The molecule has 186 valence electrons.